The number of halogens is 1. The van der Waals surface area contributed by atoms with Crippen LogP contribution in [0.5, 0.6) is 5.75 Å². The molecule has 7 heteroatoms. The molecule has 0 spiro atoms. The Labute approximate surface area is 182 Å². The van der Waals surface area contributed by atoms with Gasteiger partial charge in [0.15, 0.2) is 10.9 Å². The van der Waals surface area contributed by atoms with Crippen molar-refractivity contribution in [1.29, 1.82) is 0 Å². The number of fused-ring (bicyclic) bond motifs is 1. The molecule has 1 heterocycles. The number of rotatable bonds is 6. The van der Waals surface area contributed by atoms with Gasteiger partial charge in [0.25, 0.3) is 5.56 Å². The predicted octanol–water partition coefficient (Wildman–Crippen LogP) is 5.02. The lowest BCUT2D eigenvalue weighted by Gasteiger charge is -2.15. The Morgan fingerprint density at radius 3 is 2.57 bits per heavy atom. The first-order chi connectivity index (χ1) is 14.6. The van der Waals surface area contributed by atoms with E-state index < -0.39 is 0 Å². The van der Waals surface area contributed by atoms with Crippen LogP contribution in [0, 0.1) is 0 Å². The molecular formula is C23H17ClN2O3S. The molecule has 0 aliphatic heterocycles. The second kappa shape index (κ2) is 8.73. The van der Waals surface area contributed by atoms with Gasteiger partial charge in [-0.2, -0.15) is 0 Å². The monoisotopic (exact) mass is 436 g/mol. The fourth-order valence-corrected chi connectivity index (χ4v) is 4.17. The van der Waals surface area contributed by atoms with E-state index in [9.17, 15) is 9.59 Å². The molecule has 0 fully saturated rings. The van der Waals surface area contributed by atoms with E-state index in [1.807, 2.05) is 30.3 Å². The van der Waals surface area contributed by atoms with E-state index in [0.29, 0.717) is 38.1 Å². The molecule has 0 amide bonds. The molecule has 0 bridgehead atoms. The summed E-state index contributed by atoms with van der Waals surface area (Å²) in [4.78, 5) is 30.6. The summed E-state index contributed by atoms with van der Waals surface area (Å²) in [6.45, 7) is 0. The third-order valence-electron chi connectivity index (χ3n) is 4.55. The summed E-state index contributed by atoms with van der Waals surface area (Å²) in [5, 5.41) is 1.31. The Morgan fingerprint density at radius 1 is 1.07 bits per heavy atom. The predicted molar refractivity (Wildman–Crippen MR) is 120 cm³/mol. The van der Waals surface area contributed by atoms with Crippen molar-refractivity contribution in [1.82, 2.24) is 9.55 Å². The van der Waals surface area contributed by atoms with Gasteiger partial charge in [-0.25, -0.2) is 4.98 Å². The lowest BCUT2D eigenvalue weighted by Crippen LogP contribution is -2.22. The number of carbonyl (C=O) groups excluding carboxylic acids is 1. The number of aromatic nitrogens is 2. The average Bonchev–Trinajstić information content (AvgIpc) is 2.78. The fourth-order valence-electron chi connectivity index (χ4n) is 3.10. The highest BCUT2D eigenvalue weighted by Crippen LogP contribution is 2.28. The SMILES string of the molecule is COc1ccccc1-n1c(SCC(=O)c2ccccc2)nc2cc(Cl)ccc2c1=O. The molecule has 0 aliphatic rings. The van der Waals surface area contributed by atoms with Gasteiger partial charge in [-0.3, -0.25) is 14.2 Å². The first kappa shape index (κ1) is 20.2. The number of hydrogen-bond donors (Lipinski definition) is 0. The van der Waals surface area contributed by atoms with Crippen molar-refractivity contribution in [3.8, 4) is 11.4 Å². The standard InChI is InChI=1S/C23H17ClN2O3S/c1-29-21-10-6-5-9-19(21)26-22(28)17-12-11-16(24)13-18(17)25-23(26)30-14-20(27)15-7-3-2-4-8-15/h2-13H,14H2,1H3. The number of ether oxygens (including phenoxy) is 1. The van der Waals surface area contributed by atoms with E-state index >= 15 is 0 Å². The first-order valence-corrected chi connectivity index (χ1v) is 10.5. The van der Waals surface area contributed by atoms with Gasteiger partial charge in [0.05, 0.1) is 29.5 Å². The lowest BCUT2D eigenvalue weighted by atomic mass is 10.2. The Hall–Kier alpha value is -3.09. The van der Waals surface area contributed by atoms with Crippen LogP contribution in [0.4, 0.5) is 0 Å². The van der Waals surface area contributed by atoms with Gasteiger partial charge in [0.1, 0.15) is 5.75 Å². The summed E-state index contributed by atoms with van der Waals surface area (Å²) in [6, 6.07) is 21.2. The van der Waals surface area contributed by atoms with Gasteiger partial charge in [0, 0.05) is 10.6 Å². The number of thioether (sulfide) groups is 1. The molecule has 5 nitrogen and oxygen atoms in total. The number of hydrogen-bond acceptors (Lipinski definition) is 5. The van der Waals surface area contributed by atoms with Crippen LogP contribution in [0.2, 0.25) is 5.02 Å². The van der Waals surface area contributed by atoms with Gasteiger partial charge >= 0.3 is 0 Å². The summed E-state index contributed by atoms with van der Waals surface area (Å²) < 4.78 is 6.94. The Morgan fingerprint density at radius 2 is 1.80 bits per heavy atom. The van der Waals surface area contributed by atoms with Gasteiger partial charge in [-0.05, 0) is 30.3 Å². The van der Waals surface area contributed by atoms with Crippen LogP contribution < -0.4 is 10.3 Å². The van der Waals surface area contributed by atoms with E-state index in [0.717, 1.165) is 0 Å². The number of Topliss-reactive ketones (excluding diaryl/α,β-unsaturated/α-hetero) is 1. The number of methoxy groups -OCH3 is 1. The van der Waals surface area contributed by atoms with E-state index in [2.05, 4.69) is 4.98 Å². The van der Waals surface area contributed by atoms with Crippen molar-refractivity contribution in [2.45, 2.75) is 5.16 Å². The van der Waals surface area contributed by atoms with E-state index in [1.54, 1.807) is 49.6 Å². The summed E-state index contributed by atoms with van der Waals surface area (Å²) in [7, 11) is 1.55. The topological polar surface area (TPSA) is 61.2 Å². The van der Waals surface area contributed by atoms with Crippen LogP contribution in [0.15, 0.2) is 82.7 Å². The molecule has 0 aliphatic carbocycles. The molecule has 0 saturated heterocycles. The highest BCUT2D eigenvalue weighted by Gasteiger charge is 2.18. The molecule has 0 radical (unpaired) electrons. The smallest absolute Gasteiger partial charge is 0.266 e. The maximum absolute atomic E-state index is 13.4. The highest BCUT2D eigenvalue weighted by molar-refractivity contribution is 7.99. The zero-order chi connectivity index (χ0) is 21.1. The minimum atomic E-state index is -0.254. The zero-order valence-electron chi connectivity index (χ0n) is 16.0. The molecule has 4 aromatic rings. The normalized spacial score (nSPS) is 10.9. The molecule has 0 atom stereocenters. The number of ketones is 1. The van der Waals surface area contributed by atoms with Crippen LogP contribution in [-0.2, 0) is 0 Å². The summed E-state index contributed by atoms with van der Waals surface area (Å²) in [6.07, 6.45) is 0. The third-order valence-corrected chi connectivity index (χ3v) is 5.73. The molecule has 3 aromatic carbocycles. The summed E-state index contributed by atoms with van der Waals surface area (Å²) in [5.74, 6) is 0.621. The van der Waals surface area contributed by atoms with Crippen LogP contribution in [-0.4, -0.2) is 28.2 Å². The molecule has 0 saturated carbocycles. The number of benzene rings is 3. The minimum Gasteiger partial charge on any atom is -0.495 e. The van der Waals surface area contributed by atoms with Crippen molar-refractivity contribution < 1.29 is 9.53 Å². The number of nitrogens with zero attached hydrogens (tertiary/aromatic N) is 2. The minimum absolute atomic E-state index is 0.0485. The average molecular weight is 437 g/mol. The molecule has 150 valence electrons. The fraction of sp³-hybridized carbons (Fsp3) is 0.0870. The maximum Gasteiger partial charge on any atom is 0.266 e. The Bertz CT molecular complexity index is 1290. The van der Waals surface area contributed by atoms with Crippen molar-refractivity contribution in [2.75, 3.05) is 12.9 Å². The second-order valence-corrected chi connectivity index (χ2v) is 7.83. The Balaban J connectivity index is 1.84. The first-order valence-electron chi connectivity index (χ1n) is 9.15. The molecule has 0 unspecified atom stereocenters. The number of carbonyl (C=O) groups is 1. The van der Waals surface area contributed by atoms with E-state index in [4.69, 9.17) is 16.3 Å². The van der Waals surface area contributed by atoms with Gasteiger partial charge in [0.2, 0.25) is 0 Å². The van der Waals surface area contributed by atoms with Crippen LogP contribution in [0.3, 0.4) is 0 Å². The van der Waals surface area contributed by atoms with Crippen LogP contribution >= 0.6 is 23.4 Å². The summed E-state index contributed by atoms with van der Waals surface area (Å²) in [5.41, 5.74) is 1.40. The zero-order valence-corrected chi connectivity index (χ0v) is 17.6. The maximum atomic E-state index is 13.4. The number of para-hydroxylation sites is 2. The van der Waals surface area contributed by atoms with Gasteiger partial charge < -0.3 is 4.74 Å². The second-order valence-electron chi connectivity index (χ2n) is 6.45. The van der Waals surface area contributed by atoms with Gasteiger partial charge in [-0.1, -0.05) is 65.8 Å². The van der Waals surface area contributed by atoms with E-state index in [1.165, 1.54) is 16.3 Å². The summed E-state index contributed by atoms with van der Waals surface area (Å²) >= 11 is 7.31. The highest BCUT2D eigenvalue weighted by atomic mass is 35.5. The third kappa shape index (κ3) is 3.97. The van der Waals surface area contributed by atoms with Crippen molar-refractivity contribution in [2.24, 2.45) is 0 Å². The van der Waals surface area contributed by atoms with Crippen molar-refractivity contribution >= 4 is 40.0 Å². The van der Waals surface area contributed by atoms with Crippen molar-refractivity contribution in [3.63, 3.8) is 0 Å². The molecular weight excluding hydrogens is 420 g/mol. The van der Waals surface area contributed by atoms with Crippen LogP contribution in [0.25, 0.3) is 16.6 Å². The molecule has 1 aromatic heterocycles. The largest absolute Gasteiger partial charge is 0.495 e. The van der Waals surface area contributed by atoms with Crippen LogP contribution in [0.1, 0.15) is 10.4 Å². The van der Waals surface area contributed by atoms with E-state index in [-0.39, 0.29) is 17.1 Å². The molecule has 4 rings (SSSR count). The molecule has 0 N–H and O–H groups in total. The molecule has 30 heavy (non-hydrogen) atoms. The van der Waals surface area contributed by atoms with Gasteiger partial charge in [-0.15, -0.1) is 0 Å². The van der Waals surface area contributed by atoms with Crippen molar-refractivity contribution in [3.05, 3.63) is 93.7 Å². The lowest BCUT2D eigenvalue weighted by molar-refractivity contribution is 0.102. The Kier molecular flexibility index (Phi) is 5.88. The quantitative estimate of drug-likeness (QED) is 0.241.